The molecule has 4 nitrogen and oxygen atoms in total. The Morgan fingerprint density at radius 2 is 2.52 bits per heavy atom. The van der Waals surface area contributed by atoms with E-state index in [9.17, 15) is 4.79 Å². The second-order valence-corrected chi connectivity index (χ2v) is 7.42. The number of hydrogen-bond acceptors (Lipinski definition) is 4. The SMILES string of the molecule is CC1(C(=O)N(Cc2cccs2)CC2CCCO2)CCNC1. The van der Waals surface area contributed by atoms with Gasteiger partial charge in [-0.15, -0.1) is 11.3 Å². The summed E-state index contributed by atoms with van der Waals surface area (Å²) in [4.78, 5) is 16.3. The zero-order valence-corrected chi connectivity index (χ0v) is 13.5. The van der Waals surface area contributed by atoms with E-state index in [0.29, 0.717) is 6.54 Å². The molecule has 3 heterocycles. The molecule has 0 aliphatic carbocycles. The van der Waals surface area contributed by atoms with Crippen LogP contribution in [0.5, 0.6) is 0 Å². The molecule has 2 saturated heterocycles. The third-order valence-corrected chi connectivity index (χ3v) is 5.41. The van der Waals surface area contributed by atoms with Gasteiger partial charge < -0.3 is 15.0 Å². The Morgan fingerprint density at radius 1 is 1.62 bits per heavy atom. The van der Waals surface area contributed by atoms with Crippen LogP contribution in [0.1, 0.15) is 31.1 Å². The summed E-state index contributed by atoms with van der Waals surface area (Å²) in [6, 6.07) is 4.16. The second-order valence-electron chi connectivity index (χ2n) is 6.39. The van der Waals surface area contributed by atoms with Crippen molar-refractivity contribution < 1.29 is 9.53 Å². The highest BCUT2D eigenvalue weighted by Gasteiger charge is 2.40. The molecule has 2 aliphatic rings. The van der Waals surface area contributed by atoms with Crippen molar-refractivity contribution in [3.05, 3.63) is 22.4 Å². The van der Waals surface area contributed by atoms with E-state index >= 15 is 0 Å². The maximum atomic E-state index is 13.0. The Labute approximate surface area is 130 Å². The average molecular weight is 308 g/mol. The molecule has 0 bridgehead atoms. The summed E-state index contributed by atoms with van der Waals surface area (Å²) in [6.07, 6.45) is 3.33. The average Bonchev–Trinajstić information content (AvgIpc) is 3.20. The van der Waals surface area contributed by atoms with Crippen molar-refractivity contribution in [3.63, 3.8) is 0 Å². The number of rotatable bonds is 5. The quantitative estimate of drug-likeness (QED) is 0.907. The van der Waals surface area contributed by atoms with Crippen LogP contribution in [-0.2, 0) is 16.1 Å². The molecule has 0 aromatic carbocycles. The number of amides is 1. The molecule has 0 saturated carbocycles. The molecule has 1 aromatic heterocycles. The molecule has 21 heavy (non-hydrogen) atoms. The lowest BCUT2D eigenvalue weighted by molar-refractivity contribution is -0.142. The van der Waals surface area contributed by atoms with Crippen LogP contribution in [0, 0.1) is 5.41 Å². The lowest BCUT2D eigenvalue weighted by atomic mass is 9.88. The Bertz CT molecular complexity index is 463. The molecular weight excluding hydrogens is 284 g/mol. The molecule has 2 fully saturated rings. The van der Waals surface area contributed by atoms with Gasteiger partial charge in [-0.3, -0.25) is 4.79 Å². The molecule has 0 radical (unpaired) electrons. The normalized spacial score (nSPS) is 28.9. The smallest absolute Gasteiger partial charge is 0.230 e. The van der Waals surface area contributed by atoms with Gasteiger partial charge in [0.25, 0.3) is 0 Å². The largest absolute Gasteiger partial charge is 0.376 e. The number of hydrogen-bond donors (Lipinski definition) is 1. The summed E-state index contributed by atoms with van der Waals surface area (Å²) >= 11 is 1.72. The molecule has 1 aromatic rings. The molecule has 2 atom stereocenters. The van der Waals surface area contributed by atoms with Crippen molar-refractivity contribution in [3.8, 4) is 0 Å². The highest BCUT2D eigenvalue weighted by molar-refractivity contribution is 7.09. The lowest BCUT2D eigenvalue weighted by Gasteiger charge is -2.32. The first kappa shape index (κ1) is 15.0. The van der Waals surface area contributed by atoms with Crippen molar-refractivity contribution in [1.29, 1.82) is 0 Å². The Kier molecular flexibility index (Phi) is 4.62. The van der Waals surface area contributed by atoms with Crippen molar-refractivity contribution in [1.82, 2.24) is 10.2 Å². The minimum Gasteiger partial charge on any atom is -0.376 e. The number of ether oxygens (including phenoxy) is 1. The van der Waals surface area contributed by atoms with Gasteiger partial charge in [0.15, 0.2) is 0 Å². The van der Waals surface area contributed by atoms with Gasteiger partial charge in [0.2, 0.25) is 5.91 Å². The van der Waals surface area contributed by atoms with E-state index in [1.54, 1.807) is 11.3 Å². The Morgan fingerprint density at radius 3 is 3.14 bits per heavy atom. The van der Waals surface area contributed by atoms with Crippen LogP contribution in [0.25, 0.3) is 0 Å². The van der Waals surface area contributed by atoms with E-state index in [4.69, 9.17) is 4.74 Å². The fraction of sp³-hybridized carbons (Fsp3) is 0.688. The zero-order chi connectivity index (χ0) is 14.7. The van der Waals surface area contributed by atoms with Gasteiger partial charge in [-0.25, -0.2) is 0 Å². The molecule has 1 N–H and O–H groups in total. The van der Waals surface area contributed by atoms with Crippen LogP contribution in [0.4, 0.5) is 0 Å². The van der Waals surface area contributed by atoms with Gasteiger partial charge in [-0.1, -0.05) is 6.07 Å². The maximum absolute atomic E-state index is 13.0. The predicted molar refractivity (Wildman–Crippen MR) is 84.3 cm³/mol. The lowest BCUT2D eigenvalue weighted by Crippen LogP contribution is -2.46. The molecule has 5 heteroatoms. The summed E-state index contributed by atoms with van der Waals surface area (Å²) in [5.41, 5.74) is -0.254. The van der Waals surface area contributed by atoms with Gasteiger partial charge in [0.05, 0.1) is 18.1 Å². The minimum atomic E-state index is -0.254. The predicted octanol–water partition coefficient (Wildman–Crippen LogP) is 2.26. The van der Waals surface area contributed by atoms with Gasteiger partial charge in [-0.2, -0.15) is 0 Å². The van der Waals surface area contributed by atoms with Crippen LogP contribution in [0.3, 0.4) is 0 Å². The number of thiophene rings is 1. The number of nitrogens with zero attached hydrogens (tertiary/aromatic N) is 1. The van der Waals surface area contributed by atoms with Crippen LogP contribution >= 0.6 is 11.3 Å². The zero-order valence-electron chi connectivity index (χ0n) is 12.6. The first-order valence-electron chi connectivity index (χ1n) is 7.81. The molecule has 1 amide bonds. The van der Waals surface area contributed by atoms with E-state index in [0.717, 1.165) is 45.5 Å². The summed E-state index contributed by atoms with van der Waals surface area (Å²) in [5, 5.41) is 5.40. The molecule has 0 spiro atoms. The van der Waals surface area contributed by atoms with E-state index in [1.165, 1.54) is 4.88 Å². The fourth-order valence-corrected chi connectivity index (χ4v) is 3.94. The standard InChI is InChI=1S/C16H24N2O2S/c1-16(6-7-17-12-16)15(19)18(10-13-4-2-8-20-13)11-14-5-3-9-21-14/h3,5,9,13,17H,2,4,6-8,10-12H2,1H3. The molecule has 116 valence electrons. The second kappa shape index (κ2) is 6.46. The van der Waals surface area contributed by atoms with Crippen LogP contribution < -0.4 is 5.32 Å². The van der Waals surface area contributed by atoms with E-state index in [2.05, 4.69) is 23.7 Å². The van der Waals surface area contributed by atoms with Crippen molar-refractivity contribution in [2.24, 2.45) is 5.41 Å². The Balaban J connectivity index is 1.72. The van der Waals surface area contributed by atoms with Crippen LogP contribution in [-0.4, -0.2) is 43.2 Å². The van der Waals surface area contributed by atoms with Gasteiger partial charge in [0.1, 0.15) is 0 Å². The van der Waals surface area contributed by atoms with Gasteiger partial charge >= 0.3 is 0 Å². The molecule has 3 rings (SSSR count). The third-order valence-electron chi connectivity index (χ3n) is 4.55. The first-order chi connectivity index (χ1) is 10.2. The number of carbonyl (C=O) groups is 1. The minimum absolute atomic E-state index is 0.215. The van der Waals surface area contributed by atoms with Gasteiger partial charge in [-0.05, 0) is 44.2 Å². The topological polar surface area (TPSA) is 41.6 Å². The van der Waals surface area contributed by atoms with Crippen LogP contribution in [0.15, 0.2) is 17.5 Å². The number of carbonyl (C=O) groups excluding carboxylic acids is 1. The monoisotopic (exact) mass is 308 g/mol. The van der Waals surface area contributed by atoms with Crippen LogP contribution in [0.2, 0.25) is 0 Å². The highest BCUT2D eigenvalue weighted by Crippen LogP contribution is 2.29. The summed E-state index contributed by atoms with van der Waals surface area (Å²) in [7, 11) is 0. The Hall–Kier alpha value is -0.910. The van der Waals surface area contributed by atoms with Gasteiger partial charge in [0, 0.05) is 24.6 Å². The highest BCUT2D eigenvalue weighted by atomic mass is 32.1. The summed E-state index contributed by atoms with van der Waals surface area (Å²) in [6.45, 7) is 6.10. The van der Waals surface area contributed by atoms with E-state index in [-0.39, 0.29) is 17.4 Å². The third kappa shape index (κ3) is 3.47. The van der Waals surface area contributed by atoms with E-state index < -0.39 is 0 Å². The molecule has 2 aliphatic heterocycles. The van der Waals surface area contributed by atoms with Crippen molar-refractivity contribution >= 4 is 17.2 Å². The summed E-state index contributed by atoms with van der Waals surface area (Å²) in [5.74, 6) is 0.274. The van der Waals surface area contributed by atoms with Crippen molar-refractivity contribution in [2.45, 2.75) is 38.8 Å². The molecular formula is C16H24N2O2S. The number of nitrogens with one attached hydrogen (secondary N) is 1. The maximum Gasteiger partial charge on any atom is 0.230 e. The fourth-order valence-electron chi connectivity index (χ4n) is 3.23. The van der Waals surface area contributed by atoms with Crippen molar-refractivity contribution in [2.75, 3.05) is 26.2 Å². The first-order valence-corrected chi connectivity index (χ1v) is 8.69. The molecule has 2 unspecified atom stereocenters. The summed E-state index contributed by atoms with van der Waals surface area (Å²) < 4.78 is 5.74. The van der Waals surface area contributed by atoms with E-state index in [1.807, 2.05) is 11.0 Å².